The smallest absolute Gasteiger partial charge is 0.407 e. The van der Waals surface area contributed by atoms with Crippen LogP contribution in [0.25, 0.3) is 0 Å². The van der Waals surface area contributed by atoms with Gasteiger partial charge in [0.2, 0.25) is 0 Å². The van der Waals surface area contributed by atoms with Crippen molar-refractivity contribution in [2.24, 2.45) is 0 Å². The highest BCUT2D eigenvalue weighted by atomic mass is 16.6. The first-order valence-electron chi connectivity index (χ1n) is 5.11. The van der Waals surface area contributed by atoms with Crippen LogP contribution < -0.4 is 5.32 Å². The fraction of sp³-hybridized carbons (Fsp3) is 0.300. The highest BCUT2D eigenvalue weighted by Gasteiger charge is 2.21. The van der Waals surface area contributed by atoms with Crippen molar-refractivity contribution in [2.75, 3.05) is 6.56 Å². The predicted octanol–water partition coefficient (Wildman–Crippen LogP) is 1.34. The molecule has 1 aliphatic heterocycles. The summed E-state index contributed by atoms with van der Waals surface area (Å²) in [6.07, 6.45) is -0.263. The van der Waals surface area contributed by atoms with E-state index in [1.165, 1.54) is 0 Å². The van der Waals surface area contributed by atoms with Crippen molar-refractivity contribution in [1.29, 1.82) is 0 Å². The van der Waals surface area contributed by atoms with Crippen molar-refractivity contribution in [2.45, 2.75) is 12.5 Å². The standard InChI is InChI=1S/C10H11NO2/c12-10-11-9(7-13-10)6-8-4-2-1-3-5-8/h1-5,9H,6-7H2,(H,11,12)/i7D2. The first-order chi connectivity index (χ1) is 7.08. The van der Waals surface area contributed by atoms with E-state index in [-0.39, 0.29) is 0 Å². The van der Waals surface area contributed by atoms with Crippen LogP contribution in [0.5, 0.6) is 0 Å². The normalized spacial score (nSPS) is 27.1. The Morgan fingerprint density at radius 3 is 2.92 bits per heavy atom. The Morgan fingerprint density at radius 1 is 1.54 bits per heavy atom. The van der Waals surface area contributed by atoms with Gasteiger partial charge in [0, 0.05) is 0 Å². The van der Waals surface area contributed by atoms with Gasteiger partial charge in [-0.15, -0.1) is 0 Å². The number of amides is 1. The van der Waals surface area contributed by atoms with Crippen LogP contribution in [0, 0.1) is 0 Å². The third-order valence-electron chi connectivity index (χ3n) is 1.87. The lowest BCUT2D eigenvalue weighted by atomic mass is 10.1. The lowest BCUT2D eigenvalue weighted by molar-refractivity contribution is 0.177. The average molecular weight is 179 g/mol. The Morgan fingerprint density at radius 2 is 2.31 bits per heavy atom. The zero-order valence-electron chi connectivity index (χ0n) is 8.99. The van der Waals surface area contributed by atoms with Gasteiger partial charge in [-0.3, -0.25) is 0 Å². The van der Waals surface area contributed by atoms with E-state index in [2.05, 4.69) is 10.1 Å². The topological polar surface area (TPSA) is 38.3 Å². The minimum atomic E-state index is -1.92. The van der Waals surface area contributed by atoms with E-state index in [0.717, 1.165) is 5.56 Å². The van der Waals surface area contributed by atoms with Crippen LogP contribution >= 0.6 is 0 Å². The second-order valence-electron chi connectivity index (χ2n) is 2.89. The van der Waals surface area contributed by atoms with Crippen LogP contribution in [0.15, 0.2) is 30.3 Å². The molecule has 0 saturated carbocycles. The molecule has 0 radical (unpaired) electrons. The highest BCUT2D eigenvalue weighted by Crippen LogP contribution is 2.06. The molecule has 1 saturated heterocycles. The molecule has 1 amide bonds. The summed E-state index contributed by atoms with van der Waals surface area (Å²) in [6, 6.07) is 8.81. The Bertz CT molecular complexity index is 367. The Balaban J connectivity index is 2.10. The summed E-state index contributed by atoms with van der Waals surface area (Å²) in [5, 5.41) is 2.46. The molecule has 1 aromatic rings. The minimum absolute atomic E-state index is 0.430. The van der Waals surface area contributed by atoms with Gasteiger partial charge >= 0.3 is 6.09 Å². The molecule has 3 nitrogen and oxygen atoms in total. The molecule has 13 heavy (non-hydrogen) atoms. The number of ether oxygens (including phenoxy) is 1. The number of hydrogen-bond acceptors (Lipinski definition) is 2. The molecular weight excluding hydrogens is 166 g/mol. The molecule has 0 spiro atoms. The van der Waals surface area contributed by atoms with Crippen molar-refractivity contribution in [3.05, 3.63) is 35.9 Å². The maximum atomic E-state index is 10.9. The van der Waals surface area contributed by atoms with Gasteiger partial charge in [0.25, 0.3) is 0 Å². The summed E-state index contributed by atoms with van der Waals surface area (Å²) >= 11 is 0. The average Bonchev–Trinajstić information content (AvgIpc) is 2.41. The van der Waals surface area contributed by atoms with Gasteiger partial charge in [0.05, 0.1) is 8.78 Å². The summed E-state index contributed by atoms with van der Waals surface area (Å²) in [5.41, 5.74) is 0.970. The summed E-state index contributed by atoms with van der Waals surface area (Å²) in [6.45, 7) is -1.92. The second-order valence-corrected chi connectivity index (χ2v) is 2.89. The first-order valence-corrected chi connectivity index (χ1v) is 4.11. The Kier molecular flexibility index (Phi) is 1.61. The van der Waals surface area contributed by atoms with E-state index in [0.29, 0.717) is 6.42 Å². The fourth-order valence-electron chi connectivity index (χ4n) is 1.27. The first kappa shape index (κ1) is 6.02. The van der Waals surface area contributed by atoms with Crippen LogP contribution in [-0.4, -0.2) is 18.7 Å². The van der Waals surface area contributed by atoms with Crippen LogP contribution in [0.1, 0.15) is 8.30 Å². The molecular formula is C10H11NO2. The summed E-state index contributed by atoms with van der Waals surface area (Å²) < 4.78 is 19.5. The van der Waals surface area contributed by atoms with E-state index < -0.39 is 18.7 Å². The SMILES string of the molecule is [2H]C1([2H])OC(=O)NC1Cc1ccccc1. The summed E-state index contributed by atoms with van der Waals surface area (Å²) in [7, 11) is 0. The molecule has 68 valence electrons. The summed E-state index contributed by atoms with van der Waals surface area (Å²) in [5.74, 6) is 0. The lowest BCUT2D eigenvalue weighted by Crippen LogP contribution is -2.28. The number of benzene rings is 1. The molecule has 1 unspecified atom stereocenters. The Hall–Kier alpha value is -1.51. The van der Waals surface area contributed by atoms with E-state index in [9.17, 15) is 4.79 Å². The number of carbonyl (C=O) groups excluding carboxylic acids is 1. The number of rotatable bonds is 2. The number of cyclic esters (lactones) is 1. The third-order valence-corrected chi connectivity index (χ3v) is 1.87. The van der Waals surface area contributed by atoms with Crippen molar-refractivity contribution in [3.8, 4) is 0 Å². The van der Waals surface area contributed by atoms with E-state index in [1.807, 2.05) is 30.3 Å². The van der Waals surface area contributed by atoms with Crippen molar-refractivity contribution >= 4 is 6.09 Å². The van der Waals surface area contributed by atoms with Crippen molar-refractivity contribution < 1.29 is 12.3 Å². The molecule has 1 aromatic carbocycles. The lowest BCUT2D eigenvalue weighted by Gasteiger charge is -2.05. The fourth-order valence-corrected chi connectivity index (χ4v) is 1.27. The zero-order valence-corrected chi connectivity index (χ0v) is 6.99. The minimum Gasteiger partial charge on any atom is -0.447 e. The van der Waals surface area contributed by atoms with Crippen LogP contribution in [-0.2, 0) is 11.2 Å². The molecule has 1 aliphatic rings. The number of nitrogens with one attached hydrogen (secondary N) is 1. The highest BCUT2D eigenvalue weighted by molar-refractivity contribution is 5.69. The molecule has 0 bridgehead atoms. The quantitative estimate of drug-likeness (QED) is 0.744. The Labute approximate surface area is 79.5 Å². The van der Waals surface area contributed by atoms with Gasteiger partial charge in [-0.2, -0.15) is 0 Å². The van der Waals surface area contributed by atoms with Crippen LogP contribution in [0.2, 0.25) is 0 Å². The number of carbonyl (C=O) groups is 1. The summed E-state index contributed by atoms with van der Waals surface area (Å²) in [4.78, 5) is 10.9. The third kappa shape index (κ3) is 1.99. The number of hydrogen-bond donors (Lipinski definition) is 1. The van der Waals surface area contributed by atoms with E-state index >= 15 is 0 Å². The van der Waals surface area contributed by atoms with Gasteiger partial charge in [-0.05, 0) is 12.0 Å². The molecule has 1 N–H and O–H groups in total. The molecule has 3 heteroatoms. The van der Waals surface area contributed by atoms with Gasteiger partial charge in [-0.1, -0.05) is 30.3 Å². The predicted molar refractivity (Wildman–Crippen MR) is 48.4 cm³/mol. The molecule has 0 aromatic heterocycles. The van der Waals surface area contributed by atoms with Gasteiger partial charge in [0.15, 0.2) is 0 Å². The monoisotopic (exact) mass is 179 g/mol. The largest absolute Gasteiger partial charge is 0.447 e. The molecule has 0 aliphatic carbocycles. The molecule has 1 fully saturated rings. The van der Waals surface area contributed by atoms with Crippen molar-refractivity contribution in [3.63, 3.8) is 0 Å². The molecule has 1 heterocycles. The maximum Gasteiger partial charge on any atom is 0.407 e. The second kappa shape index (κ2) is 3.47. The molecule has 2 rings (SSSR count). The molecule has 1 atom stereocenters. The van der Waals surface area contributed by atoms with Crippen LogP contribution in [0.4, 0.5) is 4.79 Å². The maximum absolute atomic E-state index is 10.9. The van der Waals surface area contributed by atoms with Gasteiger partial charge < -0.3 is 10.1 Å². The van der Waals surface area contributed by atoms with Gasteiger partial charge in [-0.25, -0.2) is 4.79 Å². The van der Waals surface area contributed by atoms with Gasteiger partial charge in [0.1, 0.15) is 6.56 Å². The van der Waals surface area contributed by atoms with E-state index in [1.54, 1.807) is 0 Å². The number of alkyl carbamates (subject to hydrolysis) is 1. The zero-order chi connectivity index (χ0) is 10.9. The van der Waals surface area contributed by atoms with Crippen molar-refractivity contribution in [1.82, 2.24) is 5.32 Å². The van der Waals surface area contributed by atoms with Crippen LogP contribution in [0.3, 0.4) is 0 Å². The van der Waals surface area contributed by atoms with E-state index in [4.69, 9.17) is 2.74 Å².